The summed E-state index contributed by atoms with van der Waals surface area (Å²) in [7, 11) is 0.187. The van der Waals surface area contributed by atoms with Crippen LogP contribution in [-0.2, 0) is 20.6 Å². The van der Waals surface area contributed by atoms with Crippen molar-refractivity contribution in [3.63, 3.8) is 0 Å². The maximum Gasteiger partial charge on any atom is 0.222 e. The predicted octanol–water partition coefficient (Wildman–Crippen LogP) is 2.24. The van der Waals surface area contributed by atoms with Crippen LogP contribution in [-0.4, -0.2) is 50.2 Å². The van der Waals surface area contributed by atoms with Crippen molar-refractivity contribution in [2.24, 2.45) is 5.41 Å². The highest BCUT2D eigenvalue weighted by atomic mass is 32.2. The monoisotopic (exact) mass is 350 g/mol. The molecule has 3 rings (SSSR count). The predicted molar refractivity (Wildman–Crippen MR) is 93.8 cm³/mol. The molecule has 0 bridgehead atoms. The van der Waals surface area contributed by atoms with Crippen molar-refractivity contribution < 1.29 is 13.2 Å². The summed E-state index contributed by atoms with van der Waals surface area (Å²) >= 11 is 0. The van der Waals surface area contributed by atoms with Crippen molar-refractivity contribution in [1.29, 1.82) is 0 Å². The SMILES string of the molecule is CN1C(=O)CC[C@]2(CN(C)S(=O)(=O)Cc3ccccc3)CCC[C@@H]12. The summed E-state index contributed by atoms with van der Waals surface area (Å²) in [6, 6.07) is 9.46. The van der Waals surface area contributed by atoms with Gasteiger partial charge in [-0.3, -0.25) is 4.79 Å². The van der Waals surface area contributed by atoms with E-state index in [2.05, 4.69) is 0 Å². The van der Waals surface area contributed by atoms with E-state index in [0.717, 1.165) is 31.2 Å². The summed E-state index contributed by atoms with van der Waals surface area (Å²) in [6.45, 7) is 0.504. The van der Waals surface area contributed by atoms with Crippen molar-refractivity contribution in [3.05, 3.63) is 35.9 Å². The Morgan fingerprint density at radius 3 is 2.67 bits per heavy atom. The fourth-order valence-electron chi connectivity index (χ4n) is 4.42. The zero-order valence-corrected chi connectivity index (χ0v) is 15.3. The molecular weight excluding hydrogens is 324 g/mol. The molecule has 1 aromatic carbocycles. The molecule has 6 heteroatoms. The van der Waals surface area contributed by atoms with E-state index < -0.39 is 10.0 Å². The molecule has 24 heavy (non-hydrogen) atoms. The lowest BCUT2D eigenvalue weighted by Crippen LogP contribution is -2.54. The minimum Gasteiger partial charge on any atom is -0.342 e. The highest BCUT2D eigenvalue weighted by Gasteiger charge is 2.50. The molecule has 1 aliphatic heterocycles. The summed E-state index contributed by atoms with van der Waals surface area (Å²) in [5.74, 6) is 0.215. The number of benzene rings is 1. The largest absolute Gasteiger partial charge is 0.342 e. The van der Waals surface area contributed by atoms with Crippen LogP contribution in [0.25, 0.3) is 0 Å². The summed E-state index contributed by atoms with van der Waals surface area (Å²) in [5, 5.41) is 0. The molecule has 1 heterocycles. The first kappa shape index (κ1) is 17.4. The molecular formula is C18H26N2O3S. The van der Waals surface area contributed by atoms with Gasteiger partial charge in [0.25, 0.3) is 0 Å². The van der Waals surface area contributed by atoms with Gasteiger partial charge in [0.05, 0.1) is 5.75 Å². The second kappa shape index (κ2) is 6.48. The van der Waals surface area contributed by atoms with E-state index in [9.17, 15) is 13.2 Å². The van der Waals surface area contributed by atoms with Gasteiger partial charge in [-0.15, -0.1) is 0 Å². The molecule has 2 aliphatic rings. The molecule has 1 saturated carbocycles. The molecule has 0 spiro atoms. The Bertz CT molecular complexity index is 704. The lowest BCUT2D eigenvalue weighted by Gasteiger charge is -2.46. The Morgan fingerprint density at radius 1 is 1.25 bits per heavy atom. The van der Waals surface area contributed by atoms with Crippen LogP contribution < -0.4 is 0 Å². The van der Waals surface area contributed by atoms with Gasteiger partial charge in [-0.05, 0) is 24.8 Å². The quantitative estimate of drug-likeness (QED) is 0.818. The van der Waals surface area contributed by atoms with E-state index in [4.69, 9.17) is 0 Å². The van der Waals surface area contributed by atoms with Gasteiger partial charge in [-0.1, -0.05) is 36.8 Å². The topological polar surface area (TPSA) is 57.7 Å². The second-order valence-corrected chi connectivity index (χ2v) is 9.35. The third-order valence-electron chi connectivity index (χ3n) is 5.76. The lowest BCUT2D eigenvalue weighted by molar-refractivity contribution is -0.139. The van der Waals surface area contributed by atoms with Gasteiger partial charge < -0.3 is 4.90 Å². The average Bonchev–Trinajstić information content (AvgIpc) is 2.96. The number of amides is 1. The van der Waals surface area contributed by atoms with E-state index in [1.54, 1.807) is 7.05 Å². The first-order valence-electron chi connectivity index (χ1n) is 8.58. The number of hydrogen-bond acceptors (Lipinski definition) is 3. The number of sulfonamides is 1. The van der Waals surface area contributed by atoms with Crippen LogP contribution in [0.2, 0.25) is 0 Å². The van der Waals surface area contributed by atoms with Gasteiger partial charge in [0.2, 0.25) is 15.9 Å². The van der Waals surface area contributed by atoms with Gasteiger partial charge in [-0.2, -0.15) is 0 Å². The molecule has 2 fully saturated rings. The zero-order chi connectivity index (χ0) is 17.4. The number of piperidine rings is 1. The van der Waals surface area contributed by atoms with Crippen LogP contribution >= 0.6 is 0 Å². The minimum atomic E-state index is -3.36. The maximum absolute atomic E-state index is 12.8. The molecule has 1 aliphatic carbocycles. The Kier molecular flexibility index (Phi) is 4.71. The molecule has 1 saturated heterocycles. The highest BCUT2D eigenvalue weighted by molar-refractivity contribution is 7.88. The van der Waals surface area contributed by atoms with E-state index in [-0.39, 0.29) is 23.1 Å². The van der Waals surface area contributed by atoms with Crippen LogP contribution in [0.15, 0.2) is 30.3 Å². The fraction of sp³-hybridized carbons (Fsp3) is 0.611. The maximum atomic E-state index is 12.8. The van der Waals surface area contributed by atoms with Crippen molar-refractivity contribution in [1.82, 2.24) is 9.21 Å². The van der Waals surface area contributed by atoms with Crippen LogP contribution in [0, 0.1) is 5.41 Å². The first-order valence-corrected chi connectivity index (χ1v) is 10.2. The van der Waals surface area contributed by atoms with Crippen molar-refractivity contribution in [2.75, 3.05) is 20.6 Å². The van der Waals surface area contributed by atoms with Gasteiger partial charge in [0, 0.05) is 38.5 Å². The third-order valence-corrected chi connectivity index (χ3v) is 7.54. The van der Waals surface area contributed by atoms with Gasteiger partial charge in [0.1, 0.15) is 0 Å². The Hall–Kier alpha value is -1.40. The molecule has 1 amide bonds. The summed E-state index contributed by atoms with van der Waals surface area (Å²) in [4.78, 5) is 13.9. The molecule has 0 unspecified atom stereocenters. The van der Waals surface area contributed by atoms with Crippen LogP contribution in [0.4, 0.5) is 0 Å². The minimum absolute atomic E-state index is 0.0276. The van der Waals surface area contributed by atoms with E-state index in [1.165, 1.54) is 4.31 Å². The number of likely N-dealkylation sites (tertiary alicyclic amines) is 1. The number of rotatable bonds is 5. The number of carbonyl (C=O) groups is 1. The number of carbonyl (C=O) groups excluding carboxylic acids is 1. The summed E-state index contributed by atoms with van der Waals surface area (Å²) in [6.07, 6.45) is 4.37. The molecule has 132 valence electrons. The van der Waals surface area contributed by atoms with E-state index in [0.29, 0.717) is 13.0 Å². The smallest absolute Gasteiger partial charge is 0.222 e. The normalized spacial score (nSPS) is 27.5. The Morgan fingerprint density at radius 2 is 1.96 bits per heavy atom. The number of nitrogens with zero attached hydrogens (tertiary/aromatic N) is 2. The summed E-state index contributed by atoms with van der Waals surface area (Å²) in [5.41, 5.74) is 0.724. The zero-order valence-electron chi connectivity index (χ0n) is 14.4. The molecule has 2 atom stereocenters. The standard InChI is InChI=1S/C18H26N2O3S/c1-19(24(22,23)13-15-7-4-3-5-8-15)14-18-11-6-9-16(18)20(2)17(21)10-12-18/h3-5,7-8,16H,6,9-14H2,1-2H3/t16-,18+/m1/s1. The average molecular weight is 350 g/mol. The Labute approximate surface area is 144 Å². The van der Waals surface area contributed by atoms with Crippen molar-refractivity contribution in [3.8, 4) is 0 Å². The second-order valence-electron chi connectivity index (χ2n) is 7.27. The third kappa shape index (κ3) is 3.22. The van der Waals surface area contributed by atoms with E-state index >= 15 is 0 Å². The molecule has 0 N–H and O–H groups in total. The molecule has 0 aromatic heterocycles. The molecule has 5 nitrogen and oxygen atoms in total. The van der Waals surface area contributed by atoms with Crippen LogP contribution in [0.1, 0.15) is 37.7 Å². The van der Waals surface area contributed by atoms with E-state index in [1.807, 2.05) is 42.3 Å². The molecule has 1 aromatic rings. The molecule has 0 radical (unpaired) electrons. The lowest BCUT2D eigenvalue weighted by atomic mass is 9.75. The van der Waals surface area contributed by atoms with Crippen molar-refractivity contribution in [2.45, 2.75) is 43.9 Å². The van der Waals surface area contributed by atoms with Gasteiger partial charge in [0.15, 0.2) is 0 Å². The highest BCUT2D eigenvalue weighted by Crippen LogP contribution is 2.48. The number of fused-ring (bicyclic) bond motifs is 1. The first-order chi connectivity index (χ1) is 11.3. The summed E-state index contributed by atoms with van der Waals surface area (Å²) < 4.78 is 27.0. The van der Waals surface area contributed by atoms with Crippen LogP contribution in [0.5, 0.6) is 0 Å². The van der Waals surface area contributed by atoms with Gasteiger partial charge in [-0.25, -0.2) is 12.7 Å². The van der Waals surface area contributed by atoms with Gasteiger partial charge >= 0.3 is 0 Å². The van der Waals surface area contributed by atoms with Crippen molar-refractivity contribution >= 4 is 15.9 Å². The Balaban J connectivity index is 1.76. The fourth-order valence-corrected chi connectivity index (χ4v) is 5.71. The number of hydrogen-bond donors (Lipinski definition) is 0. The van der Waals surface area contributed by atoms with Crippen LogP contribution in [0.3, 0.4) is 0 Å².